The zero-order valence-corrected chi connectivity index (χ0v) is 6.96. The first-order valence-electron chi connectivity index (χ1n) is 3.40. The molecule has 0 saturated heterocycles. The van der Waals surface area contributed by atoms with Gasteiger partial charge in [-0.05, 0) is 13.8 Å². The molecule has 1 unspecified atom stereocenters. The van der Waals surface area contributed by atoms with Gasteiger partial charge in [-0.1, -0.05) is 12.7 Å². The van der Waals surface area contributed by atoms with Crippen molar-refractivity contribution in [3.05, 3.63) is 31.2 Å². The van der Waals surface area contributed by atoms with E-state index >= 15 is 0 Å². The summed E-state index contributed by atoms with van der Waals surface area (Å²) in [4.78, 5) is 10.9. The Labute approximate surface area is 67.6 Å². The Kier molecular flexibility index (Phi) is 4.27. The molecule has 0 spiro atoms. The minimum absolute atomic E-state index is 0.225. The number of hydrogen-bond donors (Lipinski definition) is 0. The van der Waals surface area contributed by atoms with E-state index in [1.165, 1.54) is 0 Å². The van der Waals surface area contributed by atoms with Crippen LogP contribution in [0.5, 0.6) is 0 Å². The van der Waals surface area contributed by atoms with Gasteiger partial charge >= 0.3 is 5.97 Å². The zero-order valence-electron chi connectivity index (χ0n) is 6.96. The quantitative estimate of drug-likeness (QED) is 0.455. The van der Waals surface area contributed by atoms with Crippen molar-refractivity contribution in [3.8, 4) is 0 Å². The monoisotopic (exact) mass is 153 g/mol. The van der Waals surface area contributed by atoms with Crippen LogP contribution in [0.4, 0.5) is 0 Å². The molecule has 1 radical (unpaired) electrons. The van der Waals surface area contributed by atoms with Crippen LogP contribution in [-0.2, 0) is 9.53 Å². The highest BCUT2D eigenvalue weighted by Crippen LogP contribution is 2.00. The molecule has 0 heterocycles. The van der Waals surface area contributed by atoms with Crippen LogP contribution < -0.4 is 0 Å². The Morgan fingerprint density at radius 3 is 2.55 bits per heavy atom. The van der Waals surface area contributed by atoms with Gasteiger partial charge in [-0.2, -0.15) is 0 Å². The molecule has 0 aliphatic heterocycles. The molecule has 0 N–H and O–H groups in total. The van der Waals surface area contributed by atoms with Crippen molar-refractivity contribution in [2.75, 3.05) is 0 Å². The van der Waals surface area contributed by atoms with E-state index in [4.69, 9.17) is 4.74 Å². The van der Waals surface area contributed by atoms with Crippen LogP contribution in [0.3, 0.4) is 0 Å². The molecule has 0 amide bonds. The molecular formula is C9H13O2. The fraction of sp³-hybridized carbons (Fsp3) is 0.333. The summed E-state index contributed by atoms with van der Waals surface area (Å²) in [5, 5.41) is 0. The maximum absolute atomic E-state index is 10.9. The summed E-state index contributed by atoms with van der Waals surface area (Å²) >= 11 is 0. The average molecular weight is 153 g/mol. The fourth-order valence-corrected chi connectivity index (χ4v) is 0.500. The van der Waals surface area contributed by atoms with Crippen molar-refractivity contribution in [2.24, 2.45) is 0 Å². The van der Waals surface area contributed by atoms with Gasteiger partial charge in [0.25, 0.3) is 0 Å². The third kappa shape index (κ3) is 4.37. The SMILES string of the molecule is C=C[CH]C(C)OC(=O)C(=C)C. The predicted molar refractivity (Wildman–Crippen MR) is 44.9 cm³/mol. The van der Waals surface area contributed by atoms with Gasteiger partial charge in [-0.15, -0.1) is 6.58 Å². The Bertz CT molecular complexity index is 170. The summed E-state index contributed by atoms with van der Waals surface area (Å²) in [7, 11) is 0. The molecule has 2 nitrogen and oxygen atoms in total. The summed E-state index contributed by atoms with van der Waals surface area (Å²) in [6.45, 7) is 10.3. The second-order valence-electron chi connectivity index (χ2n) is 2.32. The Balaban J connectivity index is 3.74. The molecule has 61 valence electrons. The Hall–Kier alpha value is -1.05. The number of rotatable bonds is 4. The van der Waals surface area contributed by atoms with Gasteiger partial charge < -0.3 is 4.74 Å². The summed E-state index contributed by atoms with van der Waals surface area (Å²) in [6, 6.07) is 0. The number of ether oxygens (including phenoxy) is 1. The van der Waals surface area contributed by atoms with Gasteiger partial charge in [0, 0.05) is 12.0 Å². The van der Waals surface area contributed by atoms with Crippen LogP contribution >= 0.6 is 0 Å². The normalized spacial score (nSPS) is 11.8. The molecule has 11 heavy (non-hydrogen) atoms. The first-order chi connectivity index (χ1) is 5.07. The minimum atomic E-state index is -0.365. The number of carbonyl (C=O) groups excluding carboxylic acids is 1. The standard InChI is InChI=1S/C9H13O2/c1-5-6-8(4)11-9(10)7(2)3/h5-6,8H,1-2H2,3-4H3. The highest BCUT2D eigenvalue weighted by molar-refractivity contribution is 5.87. The van der Waals surface area contributed by atoms with Crippen molar-refractivity contribution in [3.63, 3.8) is 0 Å². The highest BCUT2D eigenvalue weighted by Gasteiger charge is 2.07. The van der Waals surface area contributed by atoms with Crippen LogP contribution in [-0.4, -0.2) is 12.1 Å². The van der Waals surface area contributed by atoms with Crippen LogP contribution in [0.25, 0.3) is 0 Å². The zero-order chi connectivity index (χ0) is 8.85. The first kappa shape index (κ1) is 9.95. The smallest absolute Gasteiger partial charge is 0.333 e. The van der Waals surface area contributed by atoms with Gasteiger partial charge in [-0.25, -0.2) is 4.79 Å². The van der Waals surface area contributed by atoms with Crippen molar-refractivity contribution >= 4 is 5.97 Å². The van der Waals surface area contributed by atoms with E-state index < -0.39 is 0 Å². The lowest BCUT2D eigenvalue weighted by Gasteiger charge is -2.09. The molecule has 0 aliphatic rings. The van der Waals surface area contributed by atoms with Gasteiger partial charge in [0.1, 0.15) is 6.10 Å². The minimum Gasteiger partial charge on any atom is -0.459 e. The van der Waals surface area contributed by atoms with Crippen LogP contribution in [0.2, 0.25) is 0 Å². The third-order valence-electron chi connectivity index (χ3n) is 1.05. The van der Waals surface area contributed by atoms with Gasteiger partial charge in [0.05, 0.1) is 0 Å². The lowest BCUT2D eigenvalue weighted by molar-refractivity contribution is -0.141. The van der Waals surface area contributed by atoms with Crippen LogP contribution in [0.15, 0.2) is 24.8 Å². The van der Waals surface area contributed by atoms with Gasteiger partial charge in [0.15, 0.2) is 0 Å². The second kappa shape index (κ2) is 4.72. The number of hydrogen-bond acceptors (Lipinski definition) is 2. The largest absolute Gasteiger partial charge is 0.459 e. The predicted octanol–water partition coefficient (Wildman–Crippen LogP) is 1.88. The molecule has 2 heteroatoms. The van der Waals surface area contributed by atoms with E-state index in [1.807, 2.05) is 0 Å². The van der Waals surface area contributed by atoms with Crippen molar-refractivity contribution in [2.45, 2.75) is 20.0 Å². The topological polar surface area (TPSA) is 26.3 Å². The lowest BCUT2D eigenvalue weighted by Crippen LogP contribution is -2.14. The van der Waals surface area contributed by atoms with E-state index in [0.29, 0.717) is 5.57 Å². The maximum atomic E-state index is 10.9. The van der Waals surface area contributed by atoms with E-state index in [0.717, 1.165) is 0 Å². The number of carbonyl (C=O) groups is 1. The molecular weight excluding hydrogens is 140 g/mol. The van der Waals surface area contributed by atoms with E-state index in [9.17, 15) is 4.79 Å². The average Bonchev–Trinajstić information content (AvgIpc) is 1.87. The van der Waals surface area contributed by atoms with E-state index in [-0.39, 0.29) is 12.1 Å². The molecule has 0 fully saturated rings. The summed E-state index contributed by atoms with van der Waals surface area (Å²) < 4.78 is 4.89. The first-order valence-corrected chi connectivity index (χ1v) is 3.40. The Morgan fingerprint density at radius 2 is 2.18 bits per heavy atom. The summed E-state index contributed by atoms with van der Waals surface area (Å²) in [6.07, 6.45) is 3.06. The molecule has 0 aliphatic carbocycles. The maximum Gasteiger partial charge on any atom is 0.333 e. The van der Waals surface area contributed by atoms with Crippen LogP contribution in [0, 0.1) is 6.42 Å². The third-order valence-corrected chi connectivity index (χ3v) is 1.05. The van der Waals surface area contributed by atoms with Crippen LogP contribution in [0.1, 0.15) is 13.8 Å². The Morgan fingerprint density at radius 1 is 1.64 bits per heavy atom. The summed E-state index contributed by atoms with van der Waals surface area (Å²) in [5.74, 6) is -0.365. The molecule has 0 rings (SSSR count). The fourth-order valence-electron chi connectivity index (χ4n) is 0.500. The van der Waals surface area contributed by atoms with Crippen molar-refractivity contribution in [1.82, 2.24) is 0 Å². The number of esters is 1. The van der Waals surface area contributed by atoms with Gasteiger partial charge in [0.2, 0.25) is 0 Å². The molecule has 0 saturated carbocycles. The molecule has 0 aromatic rings. The molecule has 0 aromatic heterocycles. The highest BCUT2D eigenvalue weighted by atomic mass is 16.5. The second-order valence-corrected chi connectivity index (χ2v) is 2.32. The van der Waals surface area contributed by atoms with E-state index in [2.05, 4.69) is 13.2 Å². The molecule has 0 bridgehead atoms. The van der Waals surface area contributed by atoms with Crippen molar-refractivity contribution < 1.29 is 9.53 Å². The summed E-state index contributed by atoms with van der Waals surface area (Å²) in [5.41, 5.74) is 0.411. The van der Waals surface area contributed by atoms with Gasteiger partial charge in [-0.3, -0.25) is 0 Å². The van der Waals surface area contributed by atoms with E-state index in [1.54, 1.807) is 26.3 Å². The van der Waals surface area contributed by atoms with Crippen molar-refractivity contribution in [1.29, 1.82) is 0 Å². The molecule has 0 aromatic carbocycles. The lowest BCUT2D eigenvalue weighted by atomic mass is 10.3. The molecule has 1 atom stereocenters.